The number of aromatic nitrogens is 24. The molecule has 15 aromatic heterocycles. The molecule has 6 N–H and O–H groups in total. The molecule has 37 heteroatoms. The molecule has 1 unspecified atom stereocenters. The zero-order valence-electron chi connectivity index (χ0n) is 66.2. The fourth-order valence-electron chi connectivity index (χ4n) is 16.0. The third-order valence-corrected chi connectivity index (χ3v) is 23.9. The molecule has 30 nitrogen and oxygen atoms in total. The number of rotatable bonds is 21. The second kappa shape index (κ2) is 33.7. The van der Waals surface area contributed by atoms with Crippen molar-refractivity contribution in [2.24, 2.45) is 5.92 Å². The molecule has 612 valence electrons. The van der Waals surface area contributed by atoms with Crippen molar-refractivity contribution in [1.29, 1.82) is 0 Å². The predicted molar refractivity (Wildman–Crippen MR) is 455 cm³/mol. The highest BCUT2D eigenvalue weighted by atomic mass is 32.1. The van der Waals surface area contributed by atoms with Gasteiger partial charge in [-0.3, -0.25) is 41.9 Å². The summed E-state index contributed by atoms with van der Waals surface area (Å²) >= 11 is 4.33. The number of anilines is 6. The van der Waals surface area contributed by atoms with Gasteiger partial charge >= 0.3 is 0 Å². The Kier molecular flexibility index (Phi) is 21.7. The first-order valence-electron chi connectivity index (χ1n) is 40.1. The summed E-state index contributed by atoms with van der Waals surface area (Å²) in [5, 5.41) is 26.7. The lowest BCUT2D eigenvalue weighted by atomic mass is 10.0. The fraction of sp³-hybridized carbons (Fsp3) is 0.313. The van der Waals surface area contributed by atoms with Crippen LogP contribution in [0.5, 0.6) is 0 Å². The van der Waals surface area contributed by atoms with Crippen LogP contribution in [0, 0.1) is 50.0 Å². The van der Waals surface area contributed by atoms with E-state index in [4.69, 9.17) is 24.3 Å². The van der Waals surface area contributed by atoms with Gasteiger partial charge in [-0.05, 0) is 187 Å². The highest BCUT2D eigenvalue weighted by Crippen LogP contribution is 2.35. The summed E-state index contributed by atoms with van der Waals surface area (Å²) in [5.74, 6) is 0.839. The van der Waals surface area contributed by atoms with E-state index in [1.807, 2.05) is 108 Å². The van der Waals surface area contributed by atoms with Gasteiger partial charge in [-0.25, -0.2) is 62.4 Å². The van der Waals surface area contributed by atoms with Crippen molar-refractivity contribution in [2.75, 3.05) is 55.2 Å². The minimum atomic E-state index is -0.961. The predicted octanol–water partition coefficient (Wildman–Crippen LogP) is 16.2. The third kappa shape index (κ3) is 17.0. The highest BCUT2D eigenvalue weighted by molar-refractivity contribution is 7.10. The van der Waals surface area contributed by atoms with Crippen LogP contribution in [0.4, 0.5) is 50.0 Å². The van der Waals surface area contributed by atoms with E-state index >= 15 is 0 Å². The van der Waals surface area contributed by atoms with Crippen LogP contribution in [0.3, 0.4) is 0 Å². The molecule has 1 atom stereocenters. The molecule has 3 aromatic carbocycles. The van der Waals surface area contributed by atoms with Crippen molar-refractivity contribution in [2.45, 2.75) is 125 Å². The molecule has 3 saturated heterocycles. The van der Waals surface area contributed by atoms with Crippen LogP contribution in [0.2, 0.25) is 0 Å². The van der Waals surface area contributed by atoms with Gasteiger partial charge in [0.2, 0.25) is 0 Å². The number of halogens is 4. The quantitative estimate of drug-likeness (QED) is 0.0364. The molecule has 18 heterocycles. The van der Waals surface area contributed by atoms with Crippen molar-refractivity contribution >= 4 is 117 Å². The normalized spacial score (nSPS) is 15.2. The smallest absolute Gasteiger partial charge is 0.186 e. The third-order valence-electron chi connectivity index (χ3n) is 21.6. The van der Waals surface area contributed by atoms with Crippen molar-refractivity contribution in [1.82, 2.24) is 130 Å². The molecule has 0 aliphatic carbocycles. The van der Waals surface area contributed by atoms with Crippen LogP contribution in [0.1, 0.15) is 116 Å². The molecule has 3 aliphatic heterocycles. The first-order valence-corrected chi connectivity index (χ1v) is 42.5. The summed E-state index contributed by atoms with van der Waals surface area (Å²) < 4.78 is 80.7. The van der Waals surface area contributed by atoms with Gasteiger partial charge in [-0.15, -0.1) is 0 Å². The standard InChI is InChI=1S/C28H28F2N10S.C28H30N10S.C27H26F2N10S/c1-17-13-40-22(18-11-32-39(14-18)16-23-34-21-7-6-20(29)25(30)26(21)35-23)12-31-28(40)27(33-17)36-24-10-19(37-41-24)15-38-8-4-2-3-5-9-38;1-18-6-5-9-36(13-18)16-21-10-26(39-35-21)34-27-28-29-12-24(38(28)14-19(2)31-27)20-11-30-37(15-20)17-25-32-22-7-3-4-8-23(22)33-25;1-16-12-39-21(17-10-31-38(13-17)15-22-33-20-6-5-19(28)24(29)25(20)34-22)11-30-27(39)26(32-16)35-23-9-18(36-40-23)14-37-7-3-2-4-8-37/h6-7,10-14H,2-5,8-9,15-16H2,1H3,(H,33,36)(H,34,35);3-4,7-8,10-12,14-15,18H,5-6,9,13,16-17H2,1-2H3,(H,31,34)(H,32,33);5-6,9-13H,2-4,7-8,14-15H2,1H3,(H,32,35)(H,33,34). The minimum Gasteiger partial charge on any atom is -0.340 e. The summed E-state index contributed by atoms with van der Waals surface area (Å²) in [5.41, 5.74) is 16.1. The van der Waals surface area contributed by atoms with Crippen LogP contribution in [0.15, 0.2) is 141 Å². The lowest BCUT2D eigenvalue weighted by molar-refractivity contribution is 0.175. The number of aryl methyl sites for hydroxylation is 3. The van der Waals surface area contributed by atoms with E-state index in [1.54, 1.807) is 34.2 Å². The van der Waals surface area contributed by atoms with Crippen molar-refractivity contribution in [3.05, 3.63) is 216 Å². The minimum absolute atomic E-state index is 0.0211. The molecule has 3 aliphatic rings. The molecule has 18 aromatic rings. The van der Waals surface area contributed by atoms with Gasteiger partial charge in [-0.2, -0.15) is 28.4 Å². The van der Waals surface area contributed by atoms with Crippen LogP contribution >= 0.6 is 34.6 Å². The largest absolute Gasteiger partial charge is 0.340 e. The number of hydrogen-bond donors (Lipinski definition) is 6. The molecule has 120 heavy (non-hydrogen) atoms. The Hall–Kier alpha value is -12.6. The Balaban J connectivity index is 0.000000119. The second-order valence-electron chi connectivity index (χ2n) is 31.0. The zero-order valence-corrected chi connectivity index (χ0v) is 68.6. The van der Waals surface area contributed by atoms with Crippen molar-refractivity contribution in [3.8, 4) is 33.8 Å². The zero-order chi connectivity index (χ0) is 81.5. The van der Waals surface area contributed by atoms with Crippen LogP contribution in [-0.4, -0.2) is 169 Å². The van der Waals surface area contributed by atoms with Crippen molar-refractivity contribution in [3.63, 3.8) is 0 Å². The first kappa shape index (κ1) is 77.4. The molecular formula is C83H84F4N30S3. The van der Waals surface area contributed by atoms with E-state index in [0.717, 1.165) is 188 Å². The monoisotopic (exact) mass is 1670 g/mol. The Bertz CT molecular complexity index is 6660. The van der Waals surface area contributed by atoms with E-state index in [2.05, 4.69) is 124 Å². The number of nitrogens with zero attached hydrogens (tertiary/aromatic N) is 24. The molecule has 3 fully saturated rings. The Morgan fingerprint density at radius 3 is 1.21 bits per heavy atom. The number of H-pyrrole nitrogens is 3. The van der Waals surface area contributed by atoms with Gasteiger partial charge in [0.25, 0.3) is 0 Å². The average molecular weight is 1670 g/mol. The van der Waals surface area contributed by atoms with E-state index in [9.17, 15) is 17.6 Å². The fourth-order valence-corrected chi connectivity index (χ4v) is 18.0. The van der Waals surface area contributed by atoms with Gasteiger partial charge in [0.1, 0.15) is 43.5 Å². The van der Waals surface area contributed by atoms with Gasteiger partial charge in [-0.1, -0.05) is 38.3 Å². The summed E-state index contributed by atoms with van der Waals surface area (Å²) in [7, 11) is 0. The number of fused-ring (bicyclic) bond motifs is 6. The topological polar surface area (TPSA) is 315 Å². The number of nitrogens with one attached hydrogen (secondary N) is 6. The number of para-hydroxylation sites is 2. The molecule has 0 radical (unpaired) electrons. The van der Waals surface area contributed by atoms with Crippen molar-refractivity contribution < 1.29 is 17.6 Å². The SMILES string of the molecule is Cc1cn2c(-c3cnn(Cc4nc5c(F)c(F)ccc5[nH]4)c3)cnc2c(Nc2cc(CN3CCCCC3)ns2)n1.Cc1cn2c(-c3cnn(Cc4nc5c(F)c(F)ccc5[nH]4)c3)cnc2c(Nc2cc(CN3CCCCCC3)ns2)n1.Cc1cn2c(-c3cnn(Cc4nc5ccccc5[nH]4)c3)cnc2c(Nc2cc(CN3CCCC(C)C3)ns2)n1. The lowest BCUT2D eigenvalue weighted by Gasteiger charge is -2.30. The number of imidazole rings is 6. The van der Waals surface area contributed by atoms with Crippen LogP contribution in [0.25, 0.3) is 83.8 Å². The lowest BCUT2D eigenvalue weighted by Crippen LogP contribution is -2.33. The number of benzene rings is 3. The molecule has 0 amide bonds. The van der Waals surface area contributed by atoms with Gasteiger partial charge in [0, 0.05) is 80.1 Å². The van der Waals surface area contributed by atoms with E-state index < -0.39 is 23.3 Å². The Morgan fingerprint density at radius 2 is 0.792 bits per heavy atom. The number of likely N-dealkylation sites (tertiary alicyclic amines) is 3. The van der Waals surface area contributed by atoms with Crippen LogP contribution < -0.4 is 16.0 Å². The van der Waals surface area contributed by atoms with E-state index in [-0.39, 0.29) is 24.1 Å². The maximum Gasteiger partial charge on any atom is 0.186 e. The number of piperidine rings is 2. The van der Waals surface area contributed by atoms with E-state index in [0.29, 0.717) is 52.2 Å². The van der Waals surface area contributed by atoms with E-state index in [1.165, 1.54) is 105 Å². The summed E-state index contributed by atoms with van der Waals surface area (Å²) in [6.07, 6.45) is 34.0. The molecule has 0 bridgehead atoms. The van der Waals surface area contributed by atoms with Gasteiger partial charge < -0.3 is 30.9 Å². The molecule has 21 rings (SSSR count). The molecular weight excluding hydrogens is 1590 g/mol. The Labute approximate surface area is 696 Å². The number of hydrogen-bond acceptors (Lipinski definition) is 24. The van der Waals surface area contributed by atoms with Crippen LogP contribution in [-0.2, 0) is 39.3 Å². The van der Waals surface area contributed by atoms with Gasteiger partial charge in [0.15, 0.2) is 57.7 Å². The molecule has 0 spiro atoms. The van der Waals surface area contributed by atoms with Gasteiger partial charge in [0.05, 0.1) is 130 Å². The first-order chi connectivity index (χ1) is 58.6. The maximum atomic E-state index is 14.1. The molecule has 0 saturated carbocycles. The maximum absolute atomic E-state index is 14.1. The summed E-state index contributed by atoms with van der Waals surface area (Å²) in [6.45, 7) is 18.7. The summed E-state index contributed by atoms with van der Waals surface area (Å²) in [6, 6.07) is 19.5. The summed E-state index contributed by atoms with van der Waals surface area (Å²) in [4.78, 5) is 58.2. The Morgan fingerprint density at radius 1 is 0.408 bits per heavy atom. The highest BCUT2D eigenvalue weighted by Gasteiger charge is 2.24. The average Bonchev–Trinajstić information content (AvgIpc) is 1.56. The number of aromatic amines is 3. The second-order valence-corrected chi connectivity index (χ2v) is 33.4.